The molecule has 1 aromatic rings. The molecule has 0 aliphatic heterocycles. The van der Waals surface area contributed by atoms with Crippen LogP contribution in [0, 0.1) is 5.92 Å². The van der Waals surface area contributed by atoms with Gasteiger partial charge in [0.2, 0.25) is 15.9 Å². The van der Waals surface area contributed by atoms with Gasteiger partial charge in [-0.15, -0.1) is 0 Å². The van der Waals surface area contributed by atoms with Crippen molar-refractivity contribution in [3.63, 3.8) is 0 Å². The minimum Gasteiger partial charge on any atom is -0.480 e. The van der Waals surface area contributed by atoms with Gasteiger partial charge in [0.1, 0.15) is 6.04 Å². The van der Waals surface area contributed by atoms with Crippen LogP contribution in [0.5, 0.6) is 0 Å². The molecule has 1 amide bonds. The van der Waals surface area contributed by atoms with Gasteiger partial charge in [0.25, 0.3) is 0 Å². The molecule has 0 saturated heterocycles. The van der Waals surface area contributed by atoms with Crippen LogP contribution in [-0.4, -0.2) is 38.5 Å². The van der Waals surface area contributed by atoms with Gasteiger partial charge in [-0.1, -0.05) is 25.0 Å². The van der Waals surface area contributed by atoms with Crippen molar-refractivity contribution in [3.8, 4) is 0 Å². The first kappa shape index (κ1) is 18.4. The van der Waals surface area contributed by atoms with Crippen LogP contribution < -0.4 is 10.0 Å². The van der Waals surface area contributed by atoms with Crippen LogP contribution in [0.1, 0.15) is 31.2 Å². The Kier molecular flexibility index (Phi) is 5.95. The number of carboxylic acid groups (broad SMARTS) is 1. The fourth-order valence-electron chi connectivity index (χ4n) is 2.39. The lowest BCUT2D eigenvalue weighted by Crippen LogP contribution is -2.41. The SMILES string of the molecule is CNS(=O)(=O)c1ccc(CCC(=O)NC(CC2CC2)C(=O)O)cc1. The molecule has 7 nitrogen and oxygen atoms in total. The summed E-state index contributed by atoms with van der Waals surface area (Å²) in [6.45, 7) is 0. The number of benzene rings is 1. The van der Waals surface area contributed by atoms with E-state index in [1.54, 1.807) is 12.1 Å². The maximum Gasteiger partial charge on any atom is 0.326 e. The van der Waals surface area contributed by atoms with E-state index in [0.717, 1.165) is 18.4 Å². The third-order valence-corrected chi connectivity index (χ3v) is 5.47. The molecule has 3 N–H and O–H groups in total. The Morgan fingerprint density at radius 1 is 1.25 bits per heavy atom. The predicted octanol–water partition coefficient (Wildman–Crippen LogP) is 0.897. The van der Waals surface area contributed by atoms with Crippen molar-refractivity contribution in [1.29, 1.82) is 0 Å². The molecule has 0 bridgehead atoms. The summed E-state index contributed by atoms with van der Waals surface area (Å²) in [5.41, 5.74) is 0.814. The summed E-state index contributed by atoms with van der Waals surface area (Å²) in [6, 6.07) is 5.43. The number of aryl methyl sites for hydroxylation is 1. The Morgan fingerprint density at radius 2 is 1.88 bits per heavy atom. The molecule has 24 heavy (non-hydrogen) atoms. The van der Waals surface area contributed by atoms with E-state index in [1.807, 2.05) is 0 Å². The molecular weight excluding hydrogens is 332 g/mol. The van der Waals surface area contributed by atoms with E-state index in [2.05, 4.69) is 10.0 Å². The number of hydrogen-bond acceptors (Lipinski definition) is 4. The highest BCUT2D eigenvalue weighted by Gasteiger charge is 2.30. The molecule has 0 radical (unpaired) electrons. The standard InChI is InChI=1S/C16H22N2O5S/c1-17-24(22,23)13-7-4-11(5-8-13)6-9-15(19)18-14(16(20)21)10-12-2-3-12/h4-5,7-8,12,14,17H,2-3,6,9-10H2,1H3,(H,18,19)(H,20,21). The Labute approximate surface area is 141 Å². The largest absolute Gasteiger partial charge is 0.480 e. The molecule has 1 aliphatic carbocycles. The fraction of sp³-hybridized carbons (Fsp3) is 0.500. The molecule has 1 saturated carbocycles. The lowest BCUT2D eigenvalue weighted by Gasteiger charge is -2.14. The second kappa shape index (κ2) is 7.76. The van der Waals surface area contributed by atoms with Crippen LogP contribution in [-0.2, 0) is 26.0 Å². The van der Waals surface area contributed by atoms with Crippen molar-refractivity contribution in [2.24, 2.45) is 5.92 Å². The van der Waals surface area contributed by atoms with Gasteiger partial charge in [-0.05, 0) is 43.5 Å². The molecule has 1 atom stereocenters. The van der Waals surface area contributed by atoms with Crippen LogP contribution in [0.25, 0.3) is 0 Å². The van der Waals surface area contributed by atoms with Crippen molar-refractivity contribution >= 4 is 21.9 Å². The van der Waals surface area contributed by atoms with Gasteiger partial charge in [0, 0.05) is 6.42 Å². The zero-order valence-electron chi connectivity index (χ0n) is 13.5. The molecule has 2 rings (SSSR count). The quantitative estimate of drug-likeness (QED) is 0.610. The summed E-state index contributed by atoms with van der Waals surface area (Å²) in [5, 5.41) is 11.7. The number of sulfonamides is 1. The van der Waals surface area contributed by atoms with E-state index in [1.165, 1.54) is 19.2 Å². The molecule has 1 aromatic carbocycles. The second-order valence-electron chi connectivity index (χ2n) is 5.99. The first-order valence-electron chi connectivity index (χ1n) is 7.86. The van der Waals surface area contributed by atoms with Crippen LogP contribution in [0.4, 0.5) is 0 Å². The highest BCUT2D eigenvalue weighted by atomic mass is 32.2. The van der Waals surface area contributed by atoms with Crippen molar-refractivity contribution in [1.82, 2.24) is 10.0 Å². The van der Waals surface area contributed by atoms with E-state index in [0.29, 0.717) is 18.8 Å². The van der Waals surface area contributed by atoms with Crippen LogP contribution in [0.15, 0.2) is 29.2 Å². The van der Waals surface area contributed by atoms with Gasteiger partial charge >= 0.3 is 5.97 Å². The summed E-state index contributed by atoms with van der Waals surface area (Å²) >= 11 is 0. The van der Waals surface area contributed by atoms with E-state index in [-0.39, 0.29) is 17.2 Å². The summed E-state index contributed by atoms with van der Waals surface area (Å²) in [4.78, 5) is 23.2. The molecule has 1 unspecified atom stereocenters. The molecule has 0 spiro atoms. The average Bonchev–Trinajstić information content (AvgIpc) is 3.36. The first-order valence-corrected chi connectivity index (χ1v) is 9.35. The number of aliphatic carboxylic acids is 1. The van der Waals surface area contributed by atoms with Crippen molar-refractivity contribution in [2.75, 3.05) is 7.05 Å². The average molecular weight is 354 g/mol. The highest BCUT2D eigenvalue weighted by Crippen LogP contribution is 2.33. The number of amides is 1. The maximum absolute atomic E-state index is 11.9. The van der Waals surface area contributed by atoms with E-state index < -0.39 is 22.0 Å². The van der Waals surface area contributed by atoms with Crippen molar-refractivity contribution < 1.29 is 23.1 Å². The van der Waals surface area contributed by atoms with E-state index in [9.17, 15) is 18.0 Å². The topological polar surface area (TPSA) is 113 Å². The van der Waals surface area contributed by atoms with Crippen LogP contribution in [0.3, 0.4) is 0 Å². The Hall–Kier alpha value is -1.93. The molecular formula is C16H22N2O5S. The summed E-state index contributed by atoms with van der Waals surface area (Å²) < 4.78 is 25.5. The molecule has 8 heteroatoms. The zero-order valence-corrected chi connectivity index (χ0v) is 14.3. The smallest absolute Gasteiger partial charge is 0.326 e. The first-order chi connectivity index (χ1) is 11.3. The van der Waals surface area contributed by atoms with E-state index in [4.69, 9.17) is 5.11 Å². The molecule has 1 aliphatic rings. The van der Waals surface area contributed by atoms with Crippen molar-refractivity contribution in [3.05, 3.63) is 29.8 Å². The summed E-state index contributed by atoms with van der Waals surface area (Å²) in [5.74, 6) is -0.903. The molecule has 0 heterocycles. The van der Waals surface area contributed by atoms with Gasteiger partial charge in [0.15, 0.2) is 0 Å². The minimum atomic E-state index is -3.47. The van der Waals surface area contributed by atoms with Crippen LogP contribution >= 0.6 is 0 Å². The summed E-state index contributed by atoms with van der Waals surface area (Å²) in [7, 11) is -2.13. The third kappa shape index (κ3) is 5.31. The molecule has 1 fully saturated rings. The Bertz CT molecular complexity index is 696. The monoisotopic (exact) mass is 354 g/mol. The van der Waals surface area contributed by atoms with Gasteiger partial charge in [0.05, 0.1) is 4.90 Å². The number of carboxylic acids is 1. The molecule has 0 aromatic heterocycles. The Balaban J connectivity index is 1.85. The highest BCUT2D eigenvalue weighted by molar-refractivity contribution is 7.89. The second-order valence-corrected chi connectivity index (χ2v) is 7.88. The number of nitrogens with one attached hydrogen (secondary N) is 2. The third-order valence-electron chi connectivity index (χ3n) is 4.04. The summed E-state index contributed by atoms with van der Waals surface area (Å²) in [6.07, 6.45) is 3.12. The Morgan fingerprint density at radius 3 is 2.38 bits per heavy atom. The van der Waals surface area contributed by atoms with Crippen molar-refractivity contribution in [2.45, 2.75) is 43.0 Å². The fourth-order valence-corrected chi connectivity index (χ4v) is 3.12. The van der Waals surface area contributed by atoms with E-state index >= 15 is 0 Å². The number of hydrogen-bond donors (Lipinski definition) is 3. The predicted molar refractivity (Wildman–Crippen MR) is 87.9 cm³/mol. The number of carbonyl (C=O) groups excluding carboxylic acids is 1. The van der Waals surface area contributed by atoms with Crippen LogP contribution in [0.2, 0.25) is 0 Å². The zero-order chi connectivity index (χ0) is 17.7. The van der Waals surface area contributed by atoms with Gasteiger partial charge in [-0.2, -0.15) is 0 Å². The van der Waals surface area contributed by atoms with Gasteiger partial charge in [-0.3, -0.25) is 4.79 Å². The van der Waals surface area contributed by atoms with Gasteiger partial charge in [-0.25, -0.2) is 17.9 Å². The number of carbonyl (C=O) groups is 2. The van der Waals surface area contributed by atoms with Gasteiger partial charge < -0.3 is 10.4 Å². The minimum absolute atomic E-state index is 0.159. The lowest BCUT2D eigenvalue weighted by atomic mass is 10.1. The molecule has 132 valence electrons. The maximum atomic E-state index is 11.9. The lowest BCUT2D eigenvalue weighted by molar-refractivity contribution is -0.142. The normalized spacial score (nSPS) is 15.7. The number of rotatable bonds is 9.